The summed E-state index contributed by atoms with van der Waals surface area (Å²) in [5.74, 6) is 0.0538. The third-order valence-corrected chi connectivity index (χ3v) is 2.62. The van der Waals surface area contributed by atoms with E-state index in [9.17, 15) is 15.2 Å². The average Bonchev–Trinajstić information content (AvgIpc) is 2.95. The lowest BCUT2D eigenvalue weighted by Crippen LogP contribution is -1.96. The number of nitro groups is 1. The van der Waals surface area contributed by atoms with E-state index in [2.05, 4.69) is 11.7 Å². The Morgan fingerprint density at radius 2 is 2.30 bits per heavy atom. The van der Waals surface area contributed by atoms with Gasteiger partial charge < -0.3 is 9.63 Å². The second-order valence-electron chi connectivity index (χ2n) is 3.96. The van der Waals surface area contributed by atoms with Crippen molar-refractivity contribution in [3.63, 3.8) is 0 Å². The van der Waals surface area contributed by atoms with Crippen LogP contribution in [0.2, 0.25) is 0 Å². The lowest BCUT2D eigenvalue weighted by Gasteiger charge is -2.01. The van der Waals surface area contributed by atoms with Crippen molar-refractivity contribution in [2.24, 2.45) is 0 Å². The fourth-order valence-electron chi connectivity index (χ4n) is 1.57. The van der Waals surface area contributed by atoms with Crippen LogP contribution in [0.5, 0.6) is 0 Å². The first-order valence-electron chi connectivity index (χ1n) is 5.51. The quantitative estimate of drug-likeness (QED) is 0.518. The predicted octanol–water partition coefficient (Wildman–Crippen LogP) is 2.36. The highest BCUT2D eigenvalue weighted by Crippen LogP contribution is 2.27. The Morgan fingerprint density at radius 3 is 2.95 bits per heavy atom. The van der Waals surface area contributed by atoms with E-state index in [0.717, 1.165) is 0 Å². The van der Waals surface area contributed by atoms with Crippen LogP contribution < -0.4 is 0 Å². The Balaban J connectivity index is 2.34. The van der Waals surface area contributed by atoms with Crippen LogP contribution in [0.3, 0.4) is 0 Å². The molecule has 7 nitrogen and oxygen atoms in total. The Morgan fingerprint density at radius 1 is 1.55 bits per heavy atom. The topological polar surface area (TPSA) is 113 Å². The first-order valence-corrected chi connectivity index (χ1v) is 5.51. The van der Waals surface area contributed by atoms with Gasteiger partial charge in [0.25, 0.3) is 5.69 Å². The third kappa shape index (κ3) is 2.55. The number of nitrogens with zero attached hydrogens (tertiary/aromatic N) is 3. The molecule has 1 aromatic carbocycles. The van der Waals surface area contributed by atoms with E-state index < -0.39 is 11.0 Å². The minimum atomic E-state index is -1.28. The van der Waals surface area contributed by atoms with Crippen molar-refractivity contribution in [2.45, 2.75) is 6.10 Å². The van der Waals surface area contributed by atoms with Gasteiger partial charge >= 0.3 is 0 Å². The molecule has 0 aliphatic carbocycles. The molecule has 0 spiro atoms. The van der Waals surface area contributed by atoms with Crippen LogP contribution in [0.15, 0.2) is 47.0 Å². The van der Waals surface area contributed by atoms with E-state index in [1.807, 2.05) is 0 Å². The molecule has 20 heavy (non-hydrogen) atoms. The standard InChI is InChI=1S/C13H9N3O4/c1-8(7-14)13(17)12-6-11(15-20-12)9-3-2-4-10(5-9)16(18)19/h2-6,13,17H,1H2. The molecule has 2 aromatic rings. The van der Waals surface area contributed by atoms with Crippen molar-refractivity contribution in [3.05, 3.63) is 58.4 Å². The van der Waals surface area contributed by atoms with Crippen molar-refractivity contribution in [2.75, 3.05) is 0 Å². The van der Waals surface area contributed by atoms with Crippen molar-refractivity contribution >= 4 is 5.69 Å². The van der Waals surface area contributed by atoms with E-state index in [0.29, 0.717) is 11.3 Å². The molecule has 2 rings (SSSR count). The van der Waals surface area contributed by atoms with Crippen molar-refractivity contribution in [1.82, 2.24) is 5.16 Å². The van der Waals surface area contributed by atoms with Gasteiger partial charge in [0.15, 0.2) is 5.76 Å². The lowest BCUT2D eigenvalue weighted by atomic mass is 10.1. The number of hydrogen-bond acceptors (Lipinski definition) is 6. The molecule has 1 unspecified atom stereocenters. The van der Waals surface area contributed by atoms with Crippen LogP contribution in [0, 0.1) is 21.4 Å². The van der Waals surface area contributed by atoms with Gasteiger partial charge in [0, 0.05) is 23.8 Å². The Bertz CT molecular complexity index is 714. The highest BCUT2D eigenvalue weighted by Gasteiger charge is 2.18. The van der Waals surface area contributed by atoms with Gasteiger partial charge in [-0.15, -0.1) is 0 Å². The number of aliphatic hydroxyl groups is 1. The van der Waals surface area contributed by atoms with Gasteiger partial charge in [-0.25, -0.2) is 0 Å². The minimum absolute atomic E-state index is 0.0538. The molecular weight excluding hydrogens is 262 g/mol. The molecule has 7 heteroatoms. The number of rotatable bonds is 4. The summed E-state index contributed by atoms with van der Waals surface area (Å²) < 4.78 is 4.92. The van der Waals surface area contributed by atoms with Crippen molar-refractivity contribution < 1.29 is 14.6 Å². The molecule has 1 heterocycles. The van der Waals surface area contributed by atoms with Crippen LogP contribution in [-0.2, 0) is 0 Å². The van der Waals surface area contributed by atoms with Crippen molar-refractivity contribution in [1.29, 1.82) is 5.26 Å². The maximum atomic E-state index is 10.7. The molecule has 0 saturated heterocycles. The zero-order chi connectivity index (χ0) is 14.7. The summed E-state index contributed by atoms with van der Waals surface area (Å²) in [6.45, 7) is 3.38. The van der Waals surface area contributed by atoms with Crippen LogP contribution in [0.1, 0.15) is 11.9 Å². The summed E-state index contributed by atoms with van der Waals surface area (Å²) >= 11 is 0. The third-order valence-electron chi connectivity index (χ3n) is 2.62. The normalized spacial score (nSPS) is 11.6. The van der Waals surface area contributed by atoms with E-state index in [4.69, 9.17) is 9.78 Å². The fourth-order valence-corrected chi connectivity index (χ4v) is 1.57. The molecule has 1 N–H and O–H groups in total. The summed E-state index contributed by atoms with van der Waals surface area (Å²) in [6, 6.07) is 8.97. The molecule has 1 atom stereocenters. The van der Waals surface area contributed by atoms with E-state index in [1.165, 1.54) is 24.3 Å². The lowest BCUT2D eigenvalue weighted by molar-refractivity contribution is -0.384. The number of nitro benzene ring substituents is 1. The van der Waals surface area contributed by atoms with Gasteiger partial charge in [0.05, 0.1) is 16.6 Å². The predicted molar refractivity (Wildman–Crippen MR) is 68.3 cm³/mol. The average molecular weight is 271 g/mol. The first-order chi connectivity index (χ1) is 9.52. The fraction of sp³-hybridized carbons (Fsp3) is 0.0769. The molecular formula is C13H9N3O4. The molecule has 0 aliphatic rings. The highest BCUT2D eigenvalue weighted by atomic mass is 16.6. The van der Waals surface area contributed by atoms with Gasteiger partial charge in [-0.05, 0) is 0 Å². The van der Waals surface area contributed by atoms with E-state index in [-0.39, 0.29) is 17.0 Å². The molecule has 0 saturated carbocycles. The zero-order valence-electron chi connectivity index (χ0n) is 10.2. The second kappa shape index (κ2) is 5.34. The maximum absolute atomic E-state index is 10.7. The molecule has 0 fully saturated rings. The first kappa shape index (κ1) is 13.5. The summed E-state index contributed by atoms with van der Waals surface area (Å²) in [5.41, 5.74) is 0.651. The number of hydrogen-bond donors (Lipinski definition) is 1. The molecule has 0 radical (unpaired) electrons. The van der Waals surface area contributed by atoms with Gasteiger partial charge in [0.1, 0.15) is 11.8 Å². The van der Waals surface area contributed by atoms with Crippen LogP contribution in [-0.4, -0.2) is 15.2 Å². The van der Waals surface area contributed by atoms with E-state index >= 15 is 0 Å². The van der Waals surface area contributed by atoms with Gasteiger partial charge in [-0.1, -0.05) is 23.9 Å². The molecule has 100 valence electrons. The molecule has 0 amide bonds. The Labute approximate surface area is 113 Å². The summed E-state index contributed by atoms with van der Waals surface area (Å²) in [5, 5.41) is 32.8. The van der Waals surface area contributed by atoms with Crippen LogP contribution in [0.4, 0.5) is 5.69 Å². The minimum Gasteiger partial charge on any atom is -0.380 e. The smallest absolute Gasteiger partial charge is 0.270 e. The van der Waals surface area contributed by atoms with Crippen molar-refractivity contribution in [3.8, 4) is 17.3 Å². The molecule has 1 aromatic heterocycles. The number of aromatic nitrogens is 1. The number of nitriles is 1. The molecule has 0 bridgehead atoms. The molecule has 0 aliphatic heterocycles. The summed E-state index contributed by atoms with van der Waals surface area (Å²) in [4.78, 5) is 10.2. The largest absolute Gasteiger partial charge is 0.380 e. The van der Waals surface area contributed by atoms with Gasteiger partial charge in [0.2, 0.25) is 0 Å². The Kier molecular flexibility index (Phi) is 3.59. The Hall–Kier alpha value is -2.98. The summed E-state index contributed by atoms with van der Waals surface area (Å²) in [6.07, 6.45) is -1.28. The van der Waals surface area contributed by atoms with Gasteiger partial charge in [-0.3, -0.25) is 10.1 Å². The number of benzene rings is 1. The van der Waals surface area contributed by atoms with Gasteiger partial charge in [-0.2, -0.15) is 5.26 Å². The monoisotopic (exact) mass is 271 g/mol. The van der Waals surface area contributed by atoms with E-state index in [1.54, 1.807) is 12.1 Å². The van der Waals surface area contributed by atoms with Crippen LogP contribution >= 0.6 is 0 Å². The zero-order valence-corrected chi connectivity index (χ0v) is 10.2. The summed E-state index contributed by atoms with van der Waals surface area (Å²) in [7, 11) is 0. The number of aliphatic hydroxyl groups excluding tert-OH is 1. The SMILES string of the molecule is C=C(C#N)C(O)c1cc(-c2cccc([N+](=O)[O-])c2)no1. The second-order valence-corrected chi connectivity index (χ2v) is 3.96. The highest BCUT2D eigenvalue weighted by molar-refractivity contribution is 5.62. The van der Waals surface area contributed by atoms with Crippen LogP contribution in [0.25, 0.3) is 11.3 Å². The maximum Gasteiger partial charge on any atom is 0.270 e. The number of non-ortho nitro benzene ring substituents is 1.